The Morgan fingerprint density at radius 3 is 2.56 bits per heavy atom. The second-order valence-corrected chi connectivity index (χ2v) is 3.84. The van der Waals surface area contributed by atoms with E-state index in [9.17, 15) is 22.4 Å². The first-order chi connectivity index (χ1) is 8.38. The summed E-state index contributed by atoms with van der Waals surface area (Å²) in [6.45, 7) is -0.0725. The van der Waals surface area contributed by atoms with Crippen LogP contribution in [0.2, 0.25) is 0 Å². The van der Waals surface area contributed by atoms with Crippen molar-refractivity contribution in [2.24, 2.45) is 0 Å². The molecule has 0 radical (unpaired) electrons. The van der Waals surface area contributed by atoms with Gasteiger partial charge >= 0.3 is 6.18 Å². The number of benzene rings is 1. The predicted octanol–water partition coefficient (Wildman–Crippen LogP) is 2.03. The van der Waals surface area contributed by atoms with E-state index in [-0.39, 0.29) is 24.6 Å². The summed E-state index contributed by atoms with van der Waals surface area (Å²) in [6.07, 6.45) is -5.34. The Labute approximate surface area is 99.7 Å². The van der Waals surface area contributed by atoms with E-state index in [4.69, 9.17) is 4.74 Å². The van der Waals surface area contributed by atoms with E-state index < -0.39 is 23.7 Å². The molecular weight excluding hydrogens is 254 g/mol. The van der Waals surface area contributed by atoms with Crippen molar-refractivity contribution in [1.29, 1.82) is 0 Å². The van der Waals surface area contributed by atoms with Gasteiger partial charge in [-0.3, -0.25) is 4.79 Å². The molecule has 1 N–H and O–H groups in total. The number of hydrogen-bond donors (Lipinski definition) is 1. The van der Waals surface area contributed by atoms with Crippen LogP contribution in [0.15, 0.2) is 18.2 Å². The molecule has 0 bridgehead atoms. The number of carbonyl (C=O) groups excluding carboxylic acids is 1. The monoisotopic (exact) mass is 263 g/mol. The maximum Gasteiger partial charge on any atom is 0.419 e. The molecule has 1 aliphatic rings. The van der Waals surface area contributed by atoms with Crippen LogP contribution in [-0.2, 0) is 15.7 Å². The lowest BCUT2D eigenvalue weighted by molar-refractivity contribution is -0.140. The van der Waals surface area contributed by atoms with Crippen molar-refractivity contribution in [3.05, 3.63) is 35.1 Å². The molecule has 1 aliphatic heterocycles. The summed E-state index contributed by atoms with van der Waals surface area (Å²) in [5.74, 6) is -1.65. The molecular formula is C11H9F4NO2. The lowest BCUT2D eigenvalue weighted by atomic mass is 10.1. The molecule has 1 aromatic rings. The lowest BCUT2D eigenvalue weighted by Crippen LogP contribution is -2.38. The van der Waals surface area contributed by atoms with Gasteiger partial charge in [-0.25, -0.2) is 4.39 Å². The number of carbonyl (C=O) groups is 1. The van der Waals surface area contributed by atoms with E-state index >= 15 is 0 Å². The van der Waals surface area contributed by atoms with Crippen LogP contribution >= 0.6 is 0 Å². The quantitative estimate of drug-likeness (QED) is 0.787. The van der Waals surface area contributed by atoms with E-state index in [1.165, 1.54) is 0 Å². The summed E-state index contributed by atoms with van der Waals surface area (Å²) >= 11 is 0. The number of rotatable bonds is 1. The Morgan fingerprint density at radius 2 is 2.06 bits per heavy atom. The smallest absolute Gasteiger partial charge is 0.362 e. The molecule has 0 spiro atoms. The average molecular weight is 263 g/mol. The van der Waals surface area contributed by atoms with Crippen LogP contribution in [0.4, 0.5) is 17.6 Å². The first-order valence-corrected chi connectivity index (χ1v) is 5.13. The van der Waals surface area contributed by atoms with Crippen LogP contribution in [0.1, 0.15) is 17.2 Å². The summed E-state index contributed by atoms with van der Waals surface area (Å²) in [5, 5.41) is 2.49. The molecule has 2 rings (SSSR count). The number of halogens is 4. The summed E-state index contributed by atoms with van der Waals surface area (Å²) in [5.41, 5.74) is -1.05. The molecule has 3 nitrogen and oxygen atoms in total. The fourth-order valence-electron chi connectivity index (χ4n) is 1.67. The first kappa shape index (κ1) is 12.8. The van der Waals surface area contributed by atoms with Gasteiger partial charge in [-0.2, -0.15) is 13.2 Å². The van der Waals surface area contributed by atoms with Crippen LogP contribution < -0.4 is 5.32 Å². The molecule has 1 saturated heterocycles. The Kier molecular flexibility index (Phi) is 3.25. The Hall–Kier alpha value is -1.63. The largest absolute Gasteiger partial charge is 0.419 e. The zero-order chi connectivity index (χ0) is 13.3. The Morgan fingerprint density at radius 1 is 1.33 bits per heavy atom. The second-order valence-electron chi connectivity index (χ2n) is 3.84. The van der Waals surface area contributed by atoms with Crippen LogP contribution in [0, 0.1) is 5.82 Å². The number of alkyl halides is 3. The van der Waals surface area contributed by atoms with Gasteiger partial charge in [-0.15, -0.1) is 0 Å². The summed E-state index contributed by atoms with van der Waals surface area (Å²) in [7, 11) is 0. The summed E-state index contributed by atoms with van der Waals surface area (Å²) in [4.78, 5) is 10.8. The third-order valence-electron chi connectivity index (χ3n) is 2.57. The van der Waals surface area contributed by atoms with Crippen LogP contribution in [0.5, 0.6) is 0 Å². The van der Waals surface area contributed by atoms with E-state index in [0.29, 0.717) is 6.07 Å². The normalized spacial score (nSPS) is 20.7. The molecule has 0 aliphatic carbocycles. The minimum atomic E-state index is -4.72. The van der Waals surface area contributed by atoms with Crippen molar-refractivity contribution < 1.29 is 27.1 Å². The molecule has 1 heterocycles. The SMILES string of the molecule is O=C1COC(c2ccc(C(F)(F)F)c(F)c2)CN1. The molecule has 1 amide bonds. The highest BCUT2D eigenvalue weighted by Crippen LogP contribution is 2.33. The van der Waals surface area contributed by atoms with Crippen molar-refractivity contribution in [2.45, 2.75) is 12.3 Å². The average Bonchev–Trinajstić information content (AvgIpc) is 2.28. The van der Waals surface area contributed by atoms with E-state index in [0.717, 1.165) is 12.1 Å². The van der Waals surface area contributed by atoms with Crippen molar-refractivity contribution in [1.82, 2.24) is 5.32 Å². The maximum atomic E-state index is 13.3. The van der Waals surface area contributed by atoms with E-state index in [1.807, 2.05) is 0 Å². The topological polar surface area (TPSA) is 38.3 Å². The van der Waals surface area contributed by atoms with Gasteiger partial charge in [0.05, 0.1) is 5.56 Å². The molecule has 1 atom stereocenters. The Bertz CT molecular complexity index is 463. The number of ether oxygens (including phenoxy) is 1. The van der Waals surface area contributed by atoms with Gasteiger partial charge in [0.1, 0.15) is 18.5 Å². The molecule has 1 unspecified atom stereocenters. The molecule has 0 saturated carbocycles. The van der Waals surface area contributed by atoms with Gasteiger partial charge in [0, 0.05) is 6.54 Å². The minimum Gasteiger partial charge on any atom is -0.362 e. The number of nitrogens with one attached hydrogen (secondary N) is 1. The molecule has 7 heteroatoms. The molecule has 1 aromatic carbocycles. The van der Waals surface area contributed by atoms with Gasteiger partial charge in [-0.05, 0) is 17.7 Å². The highest BCUT2D eigenvalue weighted by Gasteiger charge is 2.34. The summed E-state index contributed by atoms with van der Waals surface area (Å²) < 4.78 is 55.4. The van der Waals surface area contributed by atoms with Gasteiger partial charge in [0.25, 0.3) is 0 Å². The van der Waals surface area contributed by atoms with Gasteiger partial charge in [0.15, 0.2) is 0 Å². The second kappa shape index (κ2) is 4.56. The van der Waals surface area contributed by atoms with Crippen molar-refractivity contribution in [3.63, 3.8) is 0 Å². The third kappa shape index (κ3) is 2.61. The molecule has 18 heavy (non-hydrogen) atoms. The highest BCUT2D eigenvalue weighted by atomic mass is 19.4. The van der Waals surface area contributed by atoms with Crippen LogP contribution in [0.3, 0.4) is 0 Å². The highest BCUT2D eigenvalue weighted by molar-refractivity contribution is 5.77. The maximum absolute atomic E-state index is 13.3. The van der Waals surface area contributed by atoms with Gasteiger partial charge in [-0.1, -0.05) is 6.07 Å². The minimum absolute atomic E-state index is 0.115. The van der Waals surface area contributed by atoms with E-state index in [2.05, 4.69) is 5.32 Å². The van der Waals surface area contributed by atoms with Crippen molar-refractivity contribution in [2.75, 3.05) is 13.2 Å². The number of hydrogen-bond acceptors (Lipinski definition) is 2. The zero-order valence-corrected chi connectivity index (χ0v) is 9.05. The number of morpholine rings is 1. The van der Waals surface area contributed by atoms with Crippen LogP contribution in [0.25, 0.3) is 0 Å². The van der Waals surface area contributed by atoms with Crippen molar-refractivity contribution in [3.8, 4) is 0 Å². The molecule has 0 aromatic heterocycles. The fourth-order valence-corrected chi connectivity index (χ4v) is 1.67. The van der Waals surface area contributed by atoms with E-state index in [1.54, 1.807) is 0 Å². The first-order valence-electron chi connectivity index (χ1n) is 5.13. The zero-order valence-electron chi connectivity index (χ0n) is 9.05. The van der Waals surface area contributed by atoms with Gasteiger partial charge < -0.3 is 10.1 Å². The van der Waals surface area contributed by atoms with Crippen molar-refractivity contribution >= 4 is 5.91 Å². The summed E-state index contributed by atoms with van der Waals surface area (Å²) in [6, 6.07) is 2.60. The third-order valence-corrected chi connectivity index (χ3v) is 2.57. The number of amides is 1. The molecule has 1 fully saturated rings. The molecule has 98 valence electrons. The predicted molar refractivity (Wildman–Crippen MR) is 53.1 cm³/mol. The standard InChI is InChI=1S/C11H9F4NO2/c12-8-3-6(1-2-7(8)11(13,14)15)9-4-16-10(17)5-18-9/h1-3,9H,4-5H2,(H,16,17). The lowest BCUT2D eigenvalue weighted by Gasteiger charge is -2.23. The fraction of sp³-hybridized carbons (Fsp3) is 0.364. The van der Waals surface area contributed by atoms with Crippen LogP contribution in [-0.4, -0.2) is 19.1 Å². The van der Waals surface area contributed by atoms with Gasteiger partial charge in [0.2, 0.25) is 5.91 Å². The Balaban J connectivity index is 2.21.